The van der Waals surface area contributed by atoms with Crippen LogP contribution in [0.15, 0.2) is 12.1 Å². The predicted molar refractivity (Wildman–Crippen MR) is 40.0 cm³/mol. The lowest BCUT2D eigenvalue weighted by Crippen LogP contribution is -2.18. The van der Waals surface area contributed by atoms with Gasteiger partial charge in [-0.2, -0.15) is 0 Å². The second-order valence-corrected chi connectivity index (χ2v) is 3.25. The minimum atomic E-state index is -1.90. The fourth-order valence-electron chi connectivity index (χ4n) is 1.12. The fraction of sp³-hybridized carbons (Fsp3) is 0.333. The summed E-state index contributed by atoms with van der Waals surface area (Å²) in [6.45, 7) is 2.23. The molecular weight excluding hydrogens is 181 g/mol. The molecule has 1 radical (unpaired) electrons. The molecule has 0 saturated carbocycles. The van der Waals surface area contributed by atoms with Gasteiger partial charge >= 0.3 is 0 Å². The summed E-state index contributed by atoms with van der Waals surface area (Å²) in [5, 5.41) is 11.3. The van der Waals surface area contributed by atoms with Crippen molar-refractivity contribution in [1.29, 1.82) is 0 Å². The van der Waals surface area contributed by atoms with Crippen LogP contribution in [0.3, 0.4) is 0 Å². The van der Waals surface area contributed by atoms with Gasteiger partial charge in [-0.3, -0.25) is 0 Å². The van der Waals surface area contributed by atoms with Gasteiger partial charge in [0.15, 0.2) is 0 Å². The molecule has 4 heteroatoms. The van der Waals surface area contributed by atoms with Gasteiger partial charge in [0, 0.05) is 12.1 Å². The van der Waals surface area contributed by atoms with Crippen molar-refractivity contribution in [3.8, 4) is 0 Å². The number of rotatable bonds is 1. The summed E-state index contributed by atoms with van der Waals surface area (Å²) in [5.74, 6) is -3.31. The van der Waals surface area contributed by atoms with E-state index in [1.54, 1.807) is 0 Å². The molecule has 1 nitrogen and oxygen atoms in total. The van der Waals surface area contributed by atoms with E-state index < -0.39 is 28.6 Å². The van der Waals surface area contributed by atoms with Gasteiger partial charge < -0.3 is 0 Å². The van der Waals surface area contributed by atoms with Gasteiger partial charge in [-0.05, 0) is 13.8 Å². The third-order valence-electron chi connectivity index (χ3n) is 1.61. The minimum absolute atomic E-state index is 0.498. The first-order valence-corrected chi connectivity index (χ1v) is 3.68. The fourth-order valence-corrected chi connectivity index (χ4v) is 1.12. The van der Waals surface area contributed by atoms with Gasteiger partial charge in [0.1, 0.15) is 23.1 Å². The van der Waals surface area contributed by atoms with Crippen LogP contribution >= 0.6 is 0 Å². The standard InChI is InChI=1S/C9H8F3O/c1-9(2,13)8-6(11)3-5(10)4-7(8)12/h3-4H,1-2H3. The van der Waals surface area contributed by atoms with Crippen LogP contribution in [-0.4, -0.2) is 0 Å². The number of hydrogen-bond acceptors (Lipinski definition) is 0. The molecule has 13 heavy (non-hydrogen) atoms. The second kappa shape index (κ2) is 3.03. The highest BCUT2D eigenvalue weighted by molar-refractivity contribution is 5.25. The van der Waals surface area contributed by atoms with Gasteiger partial charge in [-0.15, -0.1) is 0 Å². The van der Waals surface area contributed by atoms with E-state index in [0.29, 0.717) is 12.1 Å². The predicted octanol–water partition coefficient (Wildman–Crippen LogP) is 2.77. The van der Waals surface area contributed by atoms with E-state index in [1.807, 2.05) is 0 Å². The van der Waals surface area contributed by atoms with Gasteiger partial charge in [-0.25, -0.2) is 18.3 Å². The molecule has 0 saturated heterocycles. The number of hydrogen-bond donors (Lipinski definition) is 0. The van der Waals surface area contributed by atoms with Gasteiger partial charge in [0.25, 0.3) is 0 Å². The Morgan fingerprint density at radius 3 is 1.77 bits per heavy atom. The molecule has 0 aliphatic heterocycles. The van der Waals surface area contributed by atoms with Crippen LogP contribution in [0.25, 0.3) is 0 Å². The normalized spacial score (nSPS) is 11.8. The van der Waals surface area contributed by atoms with Gasteiger partial charge in [0.2, 0.25) is 0 Å². The maximum absolute atomic E-state index is 12.9. The Labute approximate surface area is 73.8 Å². The maximum Gasteiger partial charge on any atom is 0.135 e. The zero-order chi connectivity index (χ0) is 10.2. The molecule has 0 bridgehead atoms. The summed E-state index contributed by atoms with van der Waals surface area (Å²) >= 11 is 0. The van der Waals surface area contributed by atoms with Crippen molar-refractivity contribution in [3.05, 3.63) is 35.1 Å². The average molecular weight is 189 g/mol. The lowest BCUT2D eigenvalue weighted by atomic mass is 9.97. The van der Waals surface area contributed by atoms with Crippen molar-refractivity contribution in [1.82, 2.24) is 0 Å². The van der Waals surface area contributed by atoms with Crippen LogP contribution < -0.4 is 0 Å². The van der Waals surface area contributed by atoms with Gasteiger partial charge in [0.05, 0.1) is 5.56 Å². The maximum atomic E-state index is 12.9. The Bertz CT molecular complexity index is 305. The summed E-state index contributed by atoms with van der Waals surface area (Å²) in [6, 6.07) is 0.996. The Hall–Kier alpha value is -1.03. The molecule has 0 aliphatic carbocycles. The molecule has 71 valence electrons. The van der Waals surface area contributed by atoms with Gasteiger partial charge in [-0.1, -0.05) is 0 Å². The SMILES string of the molecule is CC(C)([O])c1c(F)cc(F)cc1F. The van der Waals surface area contributed by atoms with E-state index >= 15 is 0 Å². The summed E-state index contributed by atoms with van der Waals surface area (Å²) in [7, 11) is 0. The molecular formula is C9H8F3O. The Morgan fingerprint density at radius 2 is 1.46 bits per heavy atom. The Morgan fingerprint density at radius 1 is 1.08 bits per heavy atom. The smallest absolute Gasteiger partial charge is 0.135 e. The van der Waals surface area contributed by atoms with Crippen LogP contribution in [0.1, 0.15) is 19.4 Å². The van der Waals surface area contributed by atoms with E-state index in [4.69, 9.17) is 0 Å². The Kier molecular flexibility index (Phi) is 2.34. The van der Waals surface area contributed by atoms with Crippen LogP contribution in [-0.2, 0) is 10.7 Å². The molecule has 0 fully saturated rings. The number of benzene rings is 1. The van der Waals surface area contributed by atoms with Crippen molar-refractivity contribution in [2.24, 2.45) is 0 Å². The molecule has 1 rings (SSSR count). The zero-order valence-corrected chi connectivity index (χ0v) is 7.20. The molecule has 1 aromatic carbocycles. The van der Waals surface area contributed by atoms with Crippen LogP contribution in [0.2, 0.25) is 0 Å². The first-order chi connectivity index (χ1) is 5.82. The van der Waals surface area contributed by atoms with E-state index in [1.165, 1.54) is 0 Å². The van der Waals surface area contributed by atoms with E-state index in [2.05, 4.69) is 0 Å². The van der Waals surface area contributed by atoms with Crippen LogP contribution in [0.5, 0.6) is 0 Å². The van der Waals surface area contributed by atoms with E-state index in [-0.39, 0.29) is 0 Å². The first-order valence-electron chi connectivity index (χ1n) is 3.68. The summed E-state index contributed by atoms with van der Waals surface area (Å²) in [6.07, 6.45) is 0. The Balaban J connectivity index is 3.38. The van der Waals surface area contributed by atoms with Crippen molar-refractivity contribution >= 4 is 0 Å². The molecule has 0 amide bonds. The summed E-state index contributed by atoms with van der Waals surface area (Å²) < 4.78 is 38.3. The highest BCUT2D eigenvalue weighted by Crippen LogP contribution is 2.26. The highest BCUT2D eigenvalue weighted by atomic mass is 19.1. The topological polar surface area (TPSA) is 19.9 Å². The molecule has 0 spiro atoms. The quantitative estimate of drug-likeness (QED) is 0.647. The van der Waals surface area contributed by atoms with Crippen molar-refractivity contribution in [2.45, 2.75) is 19.4 Å². The summed E-state index contributed by atoms with van der Waals surface area (Å²) in [4.78, 5) is 0. The number of halogens is 3. The third-order valence-corrected chi connectivity index (χ3v) is 1.61. The largest absolute Gasteiger partial charge is 0.225 e. The summed E-state index contributed by atoms with van der Waals surface area (Å²) in [5.41, 5.74) is -2.53. The third kappa shape index (κ3) is 2.01. The molecule has 0 unspecified atom stereocenters. The second-order valence-electron chi connectivity index (χ2n) is 3.25. The van der Waals surface area contributed by atoms with Crippen molar-refractivity contribution in [2.75, 3.05) is 0 Å². The molecule has 0 N–H and O–H groups in total. The lowest BCUT2D eigenvalue weighted by Gasteiger charge is -2.16. The van der Waals surface area contributed by atoms with Crippen LogP contribution in [0.4, 0.5) is 13.2 Å². The first kappa shape index (κ1) is 10.1. The molecule has 0 aliphatic rings. The molecule has 1 aromatic rings. The molecule has 0 atom stereocenters. The van der Waals surface area contributed by atoms with E-state index in [9.17, 15) is 18.3 Å². The van der Waals surface area contributed by atoms with Crippen molar-refractivity contribution < 1.29 is 18.3 Å². The molecule has 0 heterocycles. The van der Waals surface area contributed by atoms with E-state index in [0.717, 1.165) is 13.8 Å². The zero-order valence-electron chi connectivity index (χ0n) is 7.20. The minimum Gasteiger partial charge on any atom is -0.225 e. The average Bonchev–Trinajstić information content (AvgIpc) is 1.78. The molecule has 0 aromatic heterocycles. The lowest BCUT2D eigenvalue weighted by molar-refractivity contribution is -0.00626. The monoisotopic (exact) mass is 189 g/mol. The van der Waals surface area contributed by atoms with Crippen molar-refractivity contribution in [3.63, 3.8) is 0 Å². The highest BCUT2D eigenvalue weighted by Gasteiger charge is 2.27. The van der Waals surface area contributed by atoms with Crippen LogP contribution in [0, 0.1) is 17.5 Å².